The molecule has 0 saturated carbocycles. The van der Waals surface area contributed by atoms with Crippen molar-refractivity contribution in [3.63, 3.8) is 0 Å². The lowest BCUT2D eigenvalue weighted by Gasteiger charge is -2.09. The van der Waals surface area contributed by atoms with E-state index in [4.69, 9.17) is 5.73 Å². The first-order valence-electron chi connectivity index (χ1n) is 4.73. The zero-order valence-electron chi connectivity index (χ0n) is 8.54. The summed E-state index contributed by atoms with van der Waals surface area (Å²) in [6.07, 6.45) is 0.879. The number of amides is 1. The van der Waals surface area contributed by atoms with Crippen LogP contribution in [0.15, 0.2) is 11.4 Å². The summed E-state index contributed by atoms with van der Waals surface area (Å²) >= 11 is 1.46. The van der Waals surface area contributed by atoms with E-state index in [0.29, 0.717) is 6.54 Å². The fraction of sp³-hybridized carbons (Fsp3) is 0.500. The van der Waals surface area contributed by atoms with Gasteiger partial charge in [-0.2, -0.15) is 0 Å². The minimum absolute atomic E-state index is 0.0126. The van der Waals surface area contributed by atoms with E-state index in [1.807, 2.05) is 25.3 Å². The summed E-state index contributed by atoms with van der Waals surface area (Å²) in [5, 5.41) is 4.74. The summed E-state index contributed by atoms with van der Waals surface area (Å²) in [4.78, 5) is 12.4. The Bertz CT molecular complexity index is 309. The van der Waals surface area contributed by atoms with Crippen LogP contribution in [-0.2, 0) is 0 Å². The van der Waals surface area contributed by atoms with Crippen molar-refractivity contribution < 1.29 is 4.79 Å². The molecule has 1 amide bonds. The maximum Gasteiger partial charge on any atom is 0.261 e. The number of carbonyl (C=O) groups excluding carboxylic acids is 1. The number of nitrogens with two attached hydrogens (primary N) is 1. The van der Waals surface area contributed by atoms with Crippen LogP contribution < -0.4 is 11.1 Å². The van der Waals surface area contributed by atoms with Crippen molar-refractivity contribution in [3.05, 3.63) is 21.9 Å². The molecule has 3 N–H and O–H groups in total. The summed E-state index contributed by atoms with van der Waals surface area (Å²) in [5.41, 5.74) is 6.73. The molecule has 3 nitrogen and oxygen atoms in total. The first-order valence-corrected chi connectivity index (χ1v) is 5.61. The van der Waals surface area contributed by atoms with Gasteiger partial charge in [0, 0.05) is 12.6 Å². The van der Waals surface area contributed by atoms with E-state index in [2.05, 4.69) is 5.32 Å². The van der Waals surface area contributed by atoms with E-state index in [9.17, 15) is 4.79 Å². The molecule has 0 fully saturated rings. The predicted molar refractivity (Wildman–Crippen MR) is 59.7 cm³/mol. The van der Waals surface area contributed by atoms with Gasteiger partial charge in [-0.25, -0.2) is 0 Å². The number of aryl methyl sites for hydroxylation is 1. The van der Waals surface area contributed by atoms with Crippen LogP contribution >= 0.6 is 11.3 Å². The zero-order chi connectivity index (χ0) is 10.6. The predicted octanol–water partition coefficient (Wildman–Crippen LogP) is 1.52. The van der Waals surface area contributed by atoms with E-state index in [0.717, 1.165) is 16.9 Å². The fourth-order valence-corrected chi connectivity index (χ4v) is 1.90. The molecule has 0 radical (unpaired) electrons. The molecular weight excluding hydrogens is 196 g/mol. The second-order valence-electron chi connectivity index (χ2n) is 3.31. The van der Waals surface area contributed by atoms with Crippen LogP contribution in [0.5, 0.6) is 0 Å². The number of hydrogen-bond acceptors (Lipinski definition) is 3. The third-order valence-electron chi connectivity index (χ3n) is 2.12. The Morgan fingerprint density at radius 1 is 1.71 bits per heavy atom. The third-order valence-corrected chi connectivity index (χ3v) is 3.13. The van der Waals surface area contributed by atoms with Gasteiger partial charge in [-0.05, 0) is 30.4 Å². The van der Waals surface area contributed by atoms with Gasteiger partial charge in [-0.15, -0.1) is 11.3 Å². The van der Waals surface area contributed by atoms with E-state index in [-0.39, 0.29) is 11.9 Å². The molecule has 0 saturated heterocycles. The van der Waals surface area contributed by atoms with Gasteiger partial charge in [0.25, 0.3) is 5.91 Å². The highest BCUT2D eigenvalue weighted by Gasteiger charge is 2.10. The second kappa shape index (κ2) is 5.12. The number of rotatable bonds is 4. The zero-order valence-corrected chi connectivity index (χ0v) is 9.36. The molecule has 78 valence electrons. The number of carbonyl (C=O) groups is 1. The Balaban J connectivity index is 2.47. The topological polar surface area (TPSA) is 55.1 Å². The molecule has 1 heterocycles. The van der Waals surface area contributed by atoms with Crippen molar-refractivity contribution in [1.29, 1.82) is 0 Å². The minimum atomic E-state index is -0.0126. The normalized spacial score (nSPS) is 12.5. The minimum Gasteiger partial charge on any atom is -0.350 e. The van der Waals surface area contributed by atoms with Gasteiger partial charge in [0.05, 0.1) is 4.88 Å². The quantitative estimate of drug-likeness (QED) is 0.795. The number of nitrogens with one attached hydrogen (secondary N) is 1. The summed E-state index contributed by atoms with van der Waals surface area (Å²) in [6, 6.07) is 2.00. The lowest BCUT2D eigenvalue weighted by Crippen LogP contribution is -2.36. The van der Waals surface area contributed by atoms with Crippen molar-refractivity contribution in [2.24, 2.45) is 5.73 Å². The lowest BCUT2D eigenvalue weighted by molar-refractivity contribution is 0.0954. The van der Waals surface area contributed by atoms with Crippen molar-refractivity contribution in [2.75, 3.05) is 6.54 Å². The van der Waals surface area contributed by atoms with Crippen LogP contribution in [0.3, 0.4) is 0 Å². The largest absolute Gasteiger partial charge is 0.350 e. The van der Waals surface area contributed by atoms with E-state index < -0.39 is 0 Å². The molecule has 0 aromatic carbocycles. The molecule has 0 aliphatic rings. The molecule has 0 spiro atoms. The summed E-state index contributed by atoms with van der Waals surface area (Å²) in [5.74, 6) is -0.0126. The molecule has 4 heteroatoms. The molecule has 1 aromatic rings. The molecule has 0 aliphatic carbocycles. The van der Waals surface area contributed by atoms with Gasteiger partial charge in [0.15, 0.2) is 0 Å². The molecule has 1 unspecified atom stereocenters. The average Bonchev–Trinajstić information content (AvgIpc) is 2.60. The van der Waals surface area contributed by atoms with Gasteiger partial charge in [-0.3, -0.25) is 4.79 Å². The smallest absolute Gasteiger partial charge is 0.261 e. The van der Waals surface area contributed by atoms with Gasteiger partial charge in [0.1, 0.15) is 0 Å². The Morgan fingerprint density at radius 3 is 2.93 bits per heavy atom. The molecule has 0 aliphatic heterocycles. The maximum atomic E-state index is 11.6. The van der Waals surface area contributed by atoms with Crippen molar-refractivity contribution in [3.8, 4) is 0 Å². The van der Waals surface area contributed by atoms with Gasteiger partial charge in [0.2, 0.25) is 0 Å². The van der Waals surface area contributed by atoms with Gasteiger partial charge < -0.3 is 11.1 Å². The summed E-state index contributed by atoms with van der Waals surface area (Å²) in [7, 11) is 0. The standard InChI is InChI=1S/C10H16N2OS/c1-3-8(11)6-12-10(13)9-7(2)4-5-14-9/h4-5,8H,3,6,11H2,1-2H3,(H,12,13). The van der Waals surface area contributed by atoms with Crippen LogP contribution in [-0.4, -0.2) is 18.5 Å². The van der Waals surface area contributed by atoms with E-state index >= 15 is 0 Å². The SMILES string of the molecule is CCC(N)CNC(=O)c1sccc1C. The Labute approximate surface area is 88.3 Å². The lowest BCUT2D eigenvalue weighted by atomic mass is 10.2. The van der Waals surface area contributed by atoms with Crippen LogP contribution in [0.4, 0.5) is 0 Å². The molecular formula is C10H16N2OS. The van der Waals surface area contributed by atoms with E-state index in [1.165, 1.54) is 11.3 Å². The molecule has 1 atom stereocenters. The van der Waals surface area contributed by atoms with Crippen LogP contribution in [0.2, 0.25) is 0 Å². The average molecular weight is 212 g/mol. The summed E-state index contributed by atoms with van der Waals surface area (Å²) in [6.45, 7) is 4.49. The molecule has 1 aromatic heterocycles. The Morgan fingerprint density at radius 2 is 2.43 bits per heavy atom. The van der Waals surface area contributed by atoms with Crippen molar-refractivity contribution in [2.45, 2.75) is 26.3 Å². The Kier molecular flexibility index (Phi) is 4.10. The highest BCUT2D eigenvalue weighted by molar-refractivity contribution is 7.12. The first kappa shape index (κ1) is 11.2. The van der Waals surface area contributed by atoms with Crippen molar-refractivity contribution >= 4 is 17.2 Å². The van der Waals surface area contributed by atoms with Crippen LogP contribution in [0, 0.1) is 6.92 Å². The molecule has 0 bridgehead atoms. The molecule has 1 rings (SSSR count). The first-order chi connectivity index (χ1) is 6.65. The van der Waals surface area contributed by atoms with Crippen molar-refractivity contribution in [1.82, 2.24) is 5.32 Å². The highest BCUT2D eigenvalue weighted by atomic mass is 32.1. The van der Waals surface area contributed by atoms with Gasteiger partial charge in [-0.1, -0.05) is 6.92 Å². The fourth-order valence-electron chi connectivity index (χ4n) is 1.05. The van der Waals surface area contributed by atoms with Gasteiger partial charge >= 0.3 is 0 Å². The maximum absolute atomic E-state index is 11.6. The summed E-state index contributed by atoms with van der Waals surface area (Å²) < 4.78 is 0. The van der Waals surface area contributed by atoms with Crippen LogP contribution in [0.25, 0.3) is 0 Å². The Hall–Kier alpha value is -0.870. The van der Waals surface area contributed by atoms with Crippen LogP contribution in [0.1, 0.15) is 28.6 Å². The monoisotopic (exact) mass is 212 g/mol. The highest BCUT2D eigenvalue weighted by Crippen LogP contribution is 2.14. The second-order valence-corrected chi connectivity index (χ2v) is 4.23. The van der Waals surface area contributed by atoms with E-state index in [1.54, 1.807) is 0 Å². The molecule has 14 heavy (non-hydrogen) atoms. The number of hydrogen-bond donors (Lipinski definition) is 2. The third kappa shape index (κ3) is 2.82. The number of thiophene rings is 1.